The van der Waals surface area contributed by atoms with Gasteiger partial charge in [-0.25, -0.2) is 14.8 Å². The van der Waals surface area contributed by atoms with E-state index in [4.69, 9.17) is 5.11 Å². The maximum Gasteiger partial charge on any atom is 0.412 e. The number of carbonyl (C=O) groups is 1. The number of hydrogen-bond donors (Lipinski definition) is 1. The predicted octanol–water partition coefficient (Wildman–Crippen LogP) is 2.18. The van der Waals surface area contributed by atoms with Gasteiger partial charge in [-0.1, -0.05) is 6.08 Å². The summed E-state index contributed by atoms with van der Waals surface area (Å²) in [7, 11) is 0. The molecule has 1 N–H and O–H groups in total. The fraction of sp³-hybridized carbons (Fsp3) is 0.417. The lowest BCUT2D eigenvalue weighted by molar-refractivity contribution is -0.0944. The molecule has 108 valence electrons. The molecule has 0 aromatic carbocycles. The Morgan fingerprint density at radius 1 is 1.45 bits per heavy atom. The van der Waals surface area contributed by atoms with Crippen LogP contribution in [-0.4, -0.2) is 40.3 Å². The van der Waals surface area contributed by atoms with Gasteiger partial charge in [-0.15, -0.1) is 0 Å². The fourth-order valence-corrected chi connectivity index (χ4v) is 1.93. The number of halogens is 3. The molecule has 0 bridgehead atoms. The first-order valence-corrected chi connectivity index (χ1v) is 5.87. The van der Waals surface area contributed by atoms with E-state index >= 15 is 0 Å². The molecular weight excluding hydrogens is 275 g/mol. The number of rotatable bonds is 2. The van der Waals surface area contributed by atoms with Crippen molar-refractivity contribution in [2.24, 2.45) is 0 Å². The van der Waals surface area contributed by atoms with Gasteiger partial charge in [0.1, 0.15) is 0 Å². The summed E-state index contributed by atoms with van der Waals surface area (Å²) in [5.41, 5.74) is -0.280. The van der Waals surface area contributed by atoms with Gasteiger partial charge >= 0.3 is 12.1 Å². The van der Waals surface area contributed by atoms with Gasteiger partial charge in [-0.3, -0.25) is 0 Å². The fourth-order valence-electron chi connectivity index (χ4n) is 1.93. The molecule has 0 amide bonds. The van der Waals surface area contributed by atoms with Crippen molar-refractivity contribution < 1.29 is 23.1 Å². The highest BCUT2D eigenvalue weighted by atomic mass is 19.4. The summed E-state index contributed by atoms with van der Waals surface area (Å²) in [6.45, 7) is 1.73. The van der Waals surface area contributed by atoms with Crippen LogP contribution >= 0.6 is 0 Å². The van der Waals surface area contributed by atoms with Crippen molar-refractivity contribution >= 4 is 11.9 Å². The SMILES string of the molecule is Cc1nc(N2CC=C(C(F)(F)F)CC2)ncc1C(=O)O. The van der Waals surface area contributed by atoms with Crippen LogP contribution in [0.4, 0.5) is 19.1 Å². The number of hydrogen-bond acceptors (Lipinski definition) is 4. The van der Waals surface area contributed by atoms with Crippen LogP contribution in [0.5, 0.6) is 0 Å². The third-order valence-electron chi connectivity index (χ3n) is 3.05. The van der Waals surface area contributed by atoms with Crippen LogP contribution in [0.25, 0.3) is 0 Å². The minimum Gasteiger partial charge on any atom is -0.478 e. The molecule has 1 aromatic heterocycles. The number of aryl methyl sites for hydroxylation is 1. The number of alkyl halides is 3. The molecule has 0 saturated carbocycles. The van der Waals surface area contributed by atoms with E-state index in [9.17, 15) is 18.0 Å². The first-order valence-electron chi connectivity index (χ1n) is 5.87. The molecule has 8 heteroatoms. The first kappa shape index (κ1) is 14.3. The van der Waals surface area contributed by atoms with E-state index in [2.05, 4.69) is 9.97 Å². The summed E-state index contributed by atoms with van der Waals surface area (Å²) in [5, 5.41) is 8.86. The van der Waals surface area contributed by atoms with E-state index in [0.717, 1.165) is 6.08 Å². The normalized spacial score (nSPS) is 16.0. The Kier molecular flexibility index (Phi) is 3.65. The van der Waals surface area contributed by atoms with Gasteiger partial charge in [0.05, 0.1) is 11.3 Å². The summed E-state index contributed by atoms with van der Waals surface area (Å²) < 4.78 is 37.5. The molecule has 2 heterocycles. The Morgan fingerprint density at radius 2 is 2.15 bits per heavy atom. The number of nitrogens with zero attached hydrogens (tertiary/aromatic N) is 3. The van der Waals surface area contributed by atoms with Crippen molar-refractivity contribution in [2.45, 2.75) is 19.5 Å². The lowest BCUT2D eigenvalue weighted by Gasteiger charge is -2.27. The van der Waals surface area contributed by atoms with Gasteiger partial charge < -0.3 is 10.0 Å². The van der Waals surface area contributed by atoms with Crippen LogP contribution in [-0.2, 0) is 0 Å². The standard InChI is InChI=1S/C12H12F3N3O2/c1-7-9(10(19)20)6-16-11(17-7)18-4-2-8(3-5-18)12(13,14)15/h2,6H,3-5H2,1H3,(H,19,20). The van der Waals surface area contributed by atoms with Gasteiger partial charge in [-0.2, -0.15) is 13.2 Å². The summed E-state index contributed by atoms with van der Waals surface area (Å²) in [4.78, 5) is 20.3. The van der Waals surface area contributed by atoms with Crippen molar-refractivity contribution in [1.82, 2.24) is 9.97 Å². The Morgan fingerprint density at radius 3 is 2.60 bits per heavy atom. The second-order valence-electron chi connectivity index (χ2n) is 4.40. The van der Waals surface area contributed by atoms with E-state index in [1.165, 1.54) is 13.1 Å². The van der Waals surface area contributed by atoms with Crippen molar-refractivity contribution in [3.05, 3.63) is 29.1 Å². The van der Waals surface area contributed by atoms with Gasteiger partial charge in [0.25, 0.3) is 0 Å². The number of carboxylic acids is 1. The number of anilines is 1. The summed E-state index contributed by atoms with van der Waals surface area (Å²) >= 11 is 0. The summed E-state index contributed by atoms with van der Waals surface area (Å²) in [6.07, 6.45) is -2.15. The molecule has 0 atom stereocenters. The highest BCUT2D eigenvalue weighted by molar-refractivity contribution is 5.88. The van der Waals surface area contributed by atoms with E-state index in [-0.39, 0.29) is 36.7 Å². The molecule has 1 aliphatic rings. The topological polar surface area (TPSA) is 66.3 Å². The summed E-state index contributed by atoms with van der Waals surface area (Å²) in [5.74, 6) is -0.892. The molecule has 0 radical (unpaired) electrons. The maximum atomic E-state index is 12.5. The lowest BCUT2D eigenvalue weighted by atomic mass is 10.1. The van der Waals surface area contributed by atoms with E-state index in [0.29, 0.717) is 0 Å². The molecule has 0 unspecified atom stereocenters. The van der Waals surface area contributed by atoms with Crippen molar-refractivity contribution in [3.63, 3.8) is 0 Å². The van der Waals surface area contributed by atoms with E-state index in [1.807, 2.05) is 0 Å². The zero-order chi connectivity index (χ0) is 14.9. The van der Waals surface area contributed by atoms with Crippen LogP contribution < -0.4 is 4.90 Å². The molecule has 2 rings (SSSR count). The molecule has 1 aromatic rings. The Hall–Kier alpha value is -2.12. The highest BCUT2D eigenvalue weighted by Gasteiger charge is 2.35. The van der Waals surface area contributed by atoms with Crippen molar-refractivity contribution in [3.8, 4) is 0 Å². The number of aromatic nitrogens is 2. The molecule has 0 spiro atoms. The Bertz CT molecular complexity index is 570. The molecular formula is C12H12F3N3O2. The maximum absolute atomic E-state index is 12.5. The number of aromatic carboxylic acids is 1. The monoisotopic (exact) mass is 287 g/mol. The molecule has 1 aliphatic heterocycles. The van der Waals surface area contributed by atoms with Crippen molar-refractivity contribution in [1.29, 1.82) is 0 Å². The summed E-state index contributed by atoms with van der Waals surface area (Å²) in [6, 6.07) is 0. The van der Waals surface area contributed by atoms with Gasteiger partial charge in [-0.05, 0) is 13.3 Å². The van der Waals surface area contributed by atoms with Crippen LogP contribution in [0, 0.1) is 6.92 Å². The third kappa shape index (κ3) is 2.89. The van der Waals surface area contributed by atoms with E-state index < -0.39 is 17.7 Å². The molecule has 5 nitrogen and oxygen atoms in total. The van der Waals surface area contributed by atoms with Gasteiger partial charge in [0.15, 0.2) is 0 Å². The van der Waals surface area contributed by atoms with E-state index in [1.54, 1.807) is 4.90 Å². The van der Waals surface area contributed by atoms with Gasteiger partial charge in [0, 0.05) is 24.9 Å². The van der Waals surface area contributed by atoms with Crippen LogP contribution in [0.15, 0.2) is 17.8 Å². The van der Waals surface area contributed by atoms with Gasteiger partial charge in [0.2, 0.25) is 5.95 Å². The minimum atomic E-state index is -4.30. The zero-order valence-electron chi connectivity index (χ0n) is 10.6. The molecule has 0 saturated heterocycles. The largest absolute Gasteiger partial charge is 0.478 e. The average Bonchev–Trinajstić information content (AvgIpc) is 2.37. The van der Waals surface area contributed by atoms with Crippen LogP contribution in [0.1, 0.15) is 22.5 Å². The Labute approximate surface area is 112 Å². The molecule has 20 heavy (non-hydrogen) atoms. The molecule has 0 fully saturated rings. The smallest absolute Gasteiger partial charge is 0.412 e. The minimum absolute atomic E-state index is 0.0164. The predicted molar refractivity (Wildman–Crippen MR) is 64.7 cm³/mol. The quantitative estimate of drug-likeness (QED) is 0.844. The highest BCUT2D eigenvalue weighted by Crippen LogP contribution is 2.30. The average molecular weight is 287 g/mol. The van der Waals surface area contributed by atoms with Crippen molar-refractivity contribution in [2.75, 3.05) is 18.0 Å². The zero-order valence-corrected chi connectivity index (χ0v) is 10.6. The lowest BCUT2D eigenvalue weighted by Crippen LogP contribution is -2.33. The second kappa shape index (κ2) is 5.10. The van der Waals surface area contributed by atoms with Crippen LogP contribution in [0.2, 0.25) is 0 Å². The second-order valence-corrected chi connectivity index (χ2v) is 4.40. The number of carboxylic acid groups (broad SMARTS) is 1. The van der Waals surface area contributed by atoms with Crippen LogP contribution in [0.3, 0.4) is 0 Å². The Balaban J connectivity index is 2.17. The third-order valence-corrected chi connectivity index (χ3v) is 3.05. The first-order chi connectivity index (χ1) is 9.29. The molecule has 0 aliphatic carbocycles.